The number of carbonyl (C=O) groups is 3. The van der Waals surface area contributed by atoms with E-state index in [9.17, 15) is 23.9 Å². The molecule has 3 heterocycles. The number of amides is 2. The van der Waals surface area contributed by atoms with Gasteiger partial charge in [0.1, 0.15) is 23.1 Å². The van der Waals surface area contributed by atoms with E-state index in [1.54, 1.807) is 36.8 Å². The van der Waals surface area contributed by atoms with E-state index >= 15 is 4.39 Å². The molecule has 0 aliphatic carbocycles. The number of hydrogen-bond acceptors (Lipinski definition) is 8. The number of aliphatic hydroxyl groups excluding tert-OH is 1. The van der Waals surface area contributed by atoms with Crippen LogP contribution >= 0.6 is 0 Å². The topological polar surface area (TPSA) is 123 Å². The van der Waals surface area contributed by atoms with E-state index in [1.807, 2.05) is 34.9 Å². The van der Waals surface area contributed by atoms with Gasteiger partial charge < -0.3 is 33.7 Å². The van der Waals surface area contributed by atoms with Gasteiger partial charge in [-0.25, -0.2) is 18.6 Å². The fourth-order valence-corrected chi connectivity index (χ4v) is 6.99. The number of hydrogen-bond donors (Lipinski definition) is 1. The maximum atomic E-state index is 15.2. The predicted octanol–water partition coefficient (Wildman–Crippen LogP) is 5.60. The van der Waals surface area contributed by atoms with Gasteiger partial charge in [0.25, 0.3) is 5.91 Å². The minimum Gasteiger partial charge on any atom is -0.453 e. The fourth-order valence-electron chi connectivity index (χ4n) is 6.99. The number of imidazole rings is 1. The third kappa shape index (κ3) is 9.50. The van der Waals surface area contributed by atoms with Gasteiger partial charge in [0.2, 0.25) is 0 Å². The second-order valence-electron chi connectivity index (χ2n) is 14.4. The molecule has 13 heteroatoms. The Morgan fingerprint density at radius 2 is 1.75 bits per heavy atom. The number of aromatic nitrogens is 2. The number of aliphatic hydroxyl groups is 1. The van der Waals surface area contributed by atoms with Gasteiger partial charge in [-0.3, -0.25) is 9.59 Å². The third-order valence-electron chi connectivity index (χ3n) is 9.39. The van der Waals surface area contributed by atoms with Crippen LogP contribution < -0.4 is 0 Å². The van der Waals surface area contributed by atoms with Crippen LogP contribution in [0.1, 0.15) is 64.9 Å². The lowest BCUT2D eigenvalue weighted by Gasteiger charge is -2.41. The van der Waals surface area contributed by atoms with Crippen LogP contribution in [0.2, 0.25) is 0 Å². The van der Waals surface area contributed by atoms with Gasteiger partial charge >= 0.3 is 12.1 Å². The molecular formula is C38H48F2N4O7. The van der Waals surface area contributed by atoms with E-state index in [2.05, 4.69) is 0 Å². The fraction of sp³-hybridized carbons (Fsp3) is 0.526. The van der Waals surface area contributed by atoms with E-state index in [1.165, 1.54) is 13.8 Å². The number of esters is 1. The summed E-state index contributed by atoms with van der Waals surface area (Å²) < 4.78 is 48.3. The smallest absolute Gasteiger partial charge is 0.410 e. The van der Waals surface area contributed by atoms with E-state index in [0.29, 0.717) is 38.4 Å². The molecule has 4 unspecified atom stereocenters. The van der Waals surface area contributed by atoms with Crippen molar-refractivity contribution in [2.75, 3.05) is 39.5 Å². The first-order valence-corrected chi connectivity index (χ1v) is 17.4. The zero-order valence-electron chi connectivity index (χ0n) is 29.9. The Balaban J connectivity index is 1.64. The minimum absolute atomic E-state index is 0.0240. The lowest BCUT2D eigenvalue weighted by Crippen LogP contribution is -2.49. The number of carbonyl (C=O) groups excluding carboxylic acids is 3. The molecule has 51 heavy (non-hydrogen) atoms. The van der Waals surface area contributed by atoms with Crippen LogP contribution in [0.25, 0.3) is 11.3 Å². The van der Waals surface area contributed by atoms with Gasteiger partial charge in [-0.05, 0) is 70.2 Å². The third-order valence-corrected chi connectivity index (χ3v) is 9.39. The Bertz CT molecular complexity index is 1670. The average molecular weight is 711 g/mol. The molecule has 1 aromatic heterocycles. The highest BCUT2D eigenvalue weighted by Crippen LogP contribution is 2.39. The van der Waals surface area contributed by atoms with E-state index in [4.69, 9.17) is 19.2 Å². The normalized spacial score (nSPS) is 19.4. The Morgan fingerprint density at radius 3 is 2.39 bits per heavy atom. The van der Waals surface area contributed by atoms with Crippen molar-refractivity contribution in [2.45, 2.75) is 71.8 Å². The first-order valence-electron chi connectivity index (χ1n) is 17.4. The maximum absolute atomic E-state index is 15.2. The number of likely N-dealkylation sites (tertiary alicyclic amines) is 1. The van der Waals surface area contributed by atoms with Gasteiger partial charge in [-0.15, -0.1) is 0 Å². The van der Waals surface area contributed by atoms with E-state index in [0.717, 1.165) is 23.8 Å². The number of rotatable bonds is 11. The lowest BCUT2D eigenvalue weighted by atomic mass is 9.87. The second kappa shape index (κ2) is 16.3. The van der Waals surface area contributed by atoms with Gasteiger partial charge in [-0.1, -0.05) is 30.3 Å². The molecular weight excluding hydrogens is 662 g/mol. The number of halogens is 2. The Kier molecular flexibility index (Phi) is 12.1. The quantitative estimate of drug-likeness (QED) is 0.255. The Hall–Kier alpha value is -4.36. The Morgan fingerprint density at radius 1 is 1.06 bits per heavy atom. The average Bonchev–Trinajstić information content (AvgIpc) is 3.69. The predicted molar refractivity (Wildman–Crippen MR) is 184 cm³/mol. The van der Waals surface area contributed by atoms with Crippen molar-refractivity contribution in [1.82, 2.24) is 19.4 Å². The Labute approximate surface area is 297 Å². The van der Waals surface area contributed by atoms with E-state index < -0.39 is 47.4 Å². The van der Waals surface area contributed by atoms with Gasteiger partial charge in [0, 0.05) is 76.5 Å². The first kappa shape index (κ1) is 37.9. The van der Waals surface area contributed by atoms with Crippen molar-refractivity contribution in [3.05, 3.63) is 77.8 Å². The summed E-state index contributed by atoms with van der Waals surface area (Å²) in [5, 5.41) is 10.5. The van der Waals surface area contributed by atoms with Crippen molar-refractivity contribution in [3.8, 4) is 11.3 Å². The molecule has 0 saturated carbocycles. The van der Waals surface area contributed by atoms with Crippen LogP contribution in [0.15, 0.2) is 54.7 Å². The summed E-state index contributed by atoms with van der Waals surface area (Å²) in [7, 11) is 0. The summed E-state index contributed by atoms with van der Waals surface area (Å²) in [5.74, 6) is -2.89. The molecule has 276 valence electrons. The molecule has 0 radical (unpaired) electrons. The summed E-state index contributed by atoms with van der Waals surface area (Å²) in [6, 6.07) is 12.0. The molecule has 0 spiro atoms. The monoisotopic (exact) mass is 710 g/mol. The van der Waals surface area contributed by atoms with Gasteiger partial charge in [-0.2, -0.15) is 0 Å². The van der Waals surface area contributed by atoms with Gasteiger partial charge in [0.15, 0.2) is 6.10 Å². The van der Waals surface area contributed by atoms with Crippen LogP contribution in [0, 0.1) is 29.4 Å². The molecule has 11 nitrogen and oxygen atoms in total. The molecule has 2 fully saturated rings. The van der Waals surface area contributed by atoms with Crippen LogP contribution in [0.4, 0.5) is 13.6 Å². The largest absolute Gasteiger partial charge is 0.453 e. The van der Waals surface area contributed by atoms with Crippen LogP contribution in [0.5, 0.6) is 0 Å². The molecule has 1 N–H and O–H groups in total. The minimum atomic E-state index is -1.17. The standard InChI is InChI=1S/C38H48F2N4O7/c1-24(50-25(2)46)36(47)44(21-28-19-43(20-29(28)23-45)37(48)51-38(3,4)5)34(27-13-15-49-16-14-27)35-41-33(31-17-30(39)11-12-32(31)40)22-42(35)18-26-9-7-6-8-10-26/h6-12,17,22,24,27-29,34,45H,13-16,18-21,23H2,1-5H3. The number of nitrogens with zero attached hydrogens (tertiary/aromatic N) is 4. The molecule has 5 rings (SSSR count). The molecule has 3 aromatic rings. The van der Waals surface area contributed by atoms with Crippen LogP contribution in [-0.2, 0) is 30.3 Å². The highest BCUT2D eigenvalue weighted by Gasteiger charge is 2.44. The molecule has 2 aromatic carbocycles. The van der Waals surface area contributed by atoms with Gasteiger partial charge in [0.05, 0.1) is 11.7 Å². The van der Waals surface area contributed by atoms with E-state index in [-0.39, 0.29) is 55.3 Å². The number of benzene rings is 2. The summed E-state index contributed by atoms with van der Waals surface area (Å²) in [4.78, 5) is 47.9. The highest BCUT2D eigenvalue weighted by atomic mass is 19.1. The zero-order valence-corrected chi connectivity index (χ0v) is 29.9. The van der Waals surface area contributed by atoms with Crippen molar-refractivity contribution in [2.24, 2.45) is 17.8 Å². The summed E-state index contributed by atoms with van der Waals surface area (Å²) in [6.45, 7) is 9.53. The SMILES string of the molecule is CC(=O)OC(C)C(=O)N(CC1CN(C(=O)OC(C)(C)C)CC1CO)C(c1nc(-c2cc(F)ccc2F)cn1Cc1ccccc1)C1CCOCC1. The second-order valence-corrected chi connectivity index (χ2v) is 14.4. The van der Waals surface area contributed by atoms with Crippen molar-refractivity contribution >= 4 is 18.0 Å². The van der Waals surface area contributed by atoms with Crippen LogP contribution in [0.3, 0.4) is 0 Å². The zero-order chi connectivity index (χ0) is 36.9. The van der Waals surface area contributed by atoms with Crippen molar-refractivity contribution in [3.63, 3.8) is 0 Å². The highest BCUT2D eigenvalue weighted by molar-refractivity contribution is 5.83. The molecule has 2 aliphatic heterocycles. The summed E-state index contributed by atoms with van der Waals surface area (Å²) in [5.41, 5.74) is 0.363. The first-order chi connectivity index (χ1) is 24.2. The lowest BCUT2D eigenvalue weighted by molar-refractivity contribution is -0.160. The van der Waals surface area contributed by atoms with Crippen molar-refractivity contribution < 1.29 is 42.5 Å². The molecule has 2 amide bonds. The summed E-state index contributed by atoms with van der Waals surface area (Å²) in [6.07, 6.45) is 1.11. The molecule has 2 aliphatic rings. The summed E-state index contributed by atoms with van der Waals surface area (Å²) >= 11 is 0. The van der Waals surface area contributed by atoms with Crippen molar-refractivity contribution in [1.29, 1.82) is 0 Å². The number of ether oxygens (including phenoxy) is 3. The maximum Gasteiger partial charge on any atom is 0.410 e. The molecule has 2 saturated heterocycles. The molecule has 0 bridgehead atoms. The molecule has 4 atom stereocenters. The van der Waals surface area contributed by atoms with Crippen LogP contribution in [-0.4, -0.2) is 93.6 Å².